The normalized spacial score (nSPS) is 12.8. The molecular weight excluding hydrogens is 376 g/mol. The third kappa shape index (κ3) is 7.71. The molecule has 29 heavy (non-hydrogen) atoms. The molecular formula is C26H38O2S. The molecule has 3 heteroatoms. The van der Waals surface area contributed by atoms with E-state index in [0.717, 1.165) is 17.9 Å². The summed E-state index contributed by atoms with van der Waals surface area (Å²) in [4.78, 5) is 1.36. The summed E-state index contributed by atoms with van der Waals surface area (Å²) in [5.74, 6) is 3.76. The van der Waals surface area contributed by atoms with Crippen LogP contribution in [0.3, 0.4) is 0 Å². The molecule has 2 aromatic carbocycles. The fourth-order valence-corrected chi connectivity index (χ4v) is 4.92. The SMILES string of the molecule is Cc1ccc(SCCCOC(C)Oc2ccc(C(C(C)C)C(C)C)cc2)c(C)c1. The summed E-state index contributed by atoms with van der Waals surface area (Å²) in [6.07, 6.45) is 0.771. The van der Waals surface area contributed by atoms with Gasteiger partial charge in [0.15, 0.2) is 6.29 Å². The molecule has 0 aliphatic heterocycles. The highest BCUT2D eigenvalue weighted by atomic mass is 32.2. The van der Waals surface area contributed by atoms with Crippen LogP contribution in [-0.2, 0) is 4.74 Å². The first-order valence-electron chi connectivity index (χ1n) is 10.9. The molecule has 0 spiro atoms. The van der Waals surface area contributed by atoms with Crippen molar-refractivity contribution in [1.82, 2.24) is 0 Å². The van der Waals surface area contributed by atoms with E-state index in [-0.39, 0.29) is 6.29 Å². The van der Waals surface area contributed by atoms with Gasteiger partial charge in [-0.15, -0.1) is 11.8 Å². The van der Waals surface area contributed by atoms with Gasteiger partial charge in [0.25, 0.3) is 0 Å². The number of rotatable bonds is 11. The second kappa shape index (κ2) is 11.7. The number of benzene rings is 2. The van der Waals surface area contributed by atoms with Crippen LogP contribution in [0.4, 0.5) is 0 Å². The Bertz CT molecular complexity index is 729. The third-order valence-corrected chi connectivity index (χ3v) is 6.49. The standard InChI is InChI=1S/C26H38O2S/c1-18(2)26(19(3)4)23-10-12-24(13-11-23)28-22(7)27-15-8-16-29-25-14-9-20(5)17-21(25)6/h9-14,17-19,22,26H,8,15-16H2,1-7H3. The molecule has 0 saturated carbocycles. The summed E-state index contributed by atoms with van der Waals surface area (Å²) in [7, 11) is 0. The average molecular weight is 415 g/mol. The van der Waals surface area contributed by atoms with Gasteiger partial charge in [-0.2, -0.15) is 0 Å². The maximum Gasteiger partial charge on any atom is 0.196 e. The van der Waals surface area contributed by atoms with Crippen LogP contribution in [0.25, 0.3) is 0 Å². The highest BCUT2D eigenvalue weighted by Gasteiger charge is 2.19. The Balaban J connectivity index is 1.73. The smallest absolute Gasteiger partial charge is 0.196 e. The van der Waals surface area contributed by atoms with Gasteiger partial charge in [-0.05, 0) is 74.3 Å². The van der Waals surface area contributed by atoms with Gasteiger partial charge in [-0.3, -0.25) is 0 Å². The van der Waals surface area contributed by atoms with E-state index in [9.17, 15) is 0 Å². The lowest BCUT2D eigenvalue weighted by Crippen LogP contribution is -2.17. The van der Waals surface area contributed by atoms with Crippen molar-refractivity contribution in [3.8, 4) is 5.75 Å². The number of hydrogen-bond acceptors (Lipinski definition) is 3. The molecule has 0 heterocycles. The predicted octanol–water partition coefficient (Wildman–Crippen LogP) is 7.62. The maximum atomic E-state index is 5.94. The van der Waals surface area contributed by atoms with Gasteiger partial charge in [0.05, 0.1) is 6.61 Å². The van der Waals surface area contributed by atoms with Crippen LogP contribution in [-0.4, -0.2) is 18.6 Å². The molecule has 1 atom stereocenters. The van der Waals surface area contributed by atoms with Gasteiger partial charge in [0.2, 0.25) is 0 Å². The number of aryl methyl sites for hydroxylation is 2. The predicted molar refractivity (Wildman–Crippen MR) is 126 cm³/mol. The van der Waals surface area contributed by atoms with E-state index in [0.29, 0.717) is 24.4 Å². The van der Waals surface area contributed by atoms with E-state index in [1.54, 1.807) is 0 Å². The second-order valence-electron chi connectivity index (χ2n) is 8.61. The summed E-state index contributed by atoms with van der Waals surface area (Å²) in [6.45, 7) is 16.2. The summed E-state index contributed by atoms with van der Waals surface area (Å²) in [5, 5.41) is 0. The minimum absolute atomic E-state index is 0.238. The highest BCUT2D eigenvalue weighted by molar-refractivity contribution is 7.99. The molecule has 160 valence electrons. The lowest BCUT2D eigenvalue weighted by molar-refractivity contribution is -0.0660. The van der Waals surface area contributed by atoms with Crippen LogP contribution in [0.15, 0.2) is 47.4 Å². The lowest BCUT2D eigenvalue weighted by atomic mass is 9.80. The van der Waals surface area contributed by atoms with Crippen LogP contribution >= 0.6 is 11.8 Å². The molecule has 2 aromatic rings. The molecule has 0 saturated heterocycles. The van der Waals surface area contributed by atoms with Crippen molar-refractivity contribution in [1.29, 1.82) is 0 Å². The Labute approximate surface area is 182 Å². The van der Waals surface area contributed by atoms with Crippen LogP contribution in [0.5, 0.6) is 5.75 Å². The Morgan fingerprint density at radius 1 is 0.862 bits per heavy atom. The fraction of sp³-hybridized carbons (Fsp3) is 0.538. The quantitative estimate of drug-likeness (QED) is 0.214. The van der Waals surface area contributed by atoms with Gasteiger partial charge < -0.3 is 9.47 Å². The van der Waals surface area contributed by atoms with Gasteiger partial charge in [-0.1, -0.05) is 57.5 Å². The zero-order valence-corrected chi connectivity index (χ0v) is 20.0. The van der Waals surface area contributed by atoms with Crippen molar-refractivity contribution >= 4 is 11.8 Å². The van der Waals surface area contributed by atoms with Gasteiger partial charge in [-0.25, -0.2) is 0 Å². The summed E-state index contributed by atoms with van der Waals surface area (Å²) in [5.41, 5.74) is 4.06. The largest absolute Gasteiger partial charge is 0.465 e. The minimum Gasteiger partial charge on any atom is -0.465 e. The maximum absolute atomic E-state index is 5.94. The first-order chi connectivity index (χ1) is 13.8. The first kappa shape index (κ1) is 23.8. The summed E-state index contributed by atoms with van der Waals surface area (Å²) < 4.78 is 11.8. The Hall–Kier alpha value is -1.45. The second-order valence-corrected chi connectivity index (χ2v) is 9.75. The van der Waals surface area contributed by atoms with Crippen LogP contribution in [0, 0.1) is 25.7 Å². The topological polar surface area (TPSA) is 18.5 Å². The zero-order valence-electron chi connectivity index (χ0n) is 19.2. The zero-order chi connectivity index (χ0) is 21.4. The minimum atomic E-state index is -0.238. The first-order valence-corrected chi connectivity index (χ1v) is 11.8. The monoisotopic (exact) mass is 414 g/mol. The fourth-order valence-electron chi connectivity index (χ4n) is 3.99. The van der Waals surface area contributed by atoms with Gasteiger partial charge in [0, 0.05) is 10.6 Å². The van der Waals surface area contributed by atoms with Crippen LogP contribution in [0.2, 0.25) is 0 Å². The molecule has 2 rings (SSSR count). The van der Waals surface area contributed by atoms with E-state index in [4.69, 9.17) is 9.47 Å². The van der Waals surface area contributed by atoms with E-state index in [1.165, 1.54) is 21.6 Å². The van der Waals surface area contributed by atoms with E-state index in [1.807, 2.05) is 18.7 Å². The molecule has 0 bridgehead atoms. The summed E-state index contributed by atoms with van der Waals surface area (Å²) in [6, 6.07) is 15.2. The van der Waals surface area contributed by atoms with E-state index in [2.05, 4.69) is 84.0 Å². The molecule has 0 aliphatic rings. The van der Waals surface area contributed by atoms with Crippen LogP contribution < -0.4 is 4.74 Å². The number of thioether (sulfide) groups is 1. The molecule has 0 fully saturated rings. The average Bonchev–Trinajstić information content (AvgIpc) is 2.64. The summed E-state index contributed by atoms with van der Waals surface area (Å²) >= 11 is 1.90. The lowest BCUT2D eigenvalue weighted by Gasteiger charge is -2.25. The molecule has 0 aromatic heterocycles. The van der Waals surface area contributed by atoms with Crippen molar-refractivity contribution < 1.29 is 9.47 Å². The Morgan fingerprint density at radius 3 is 2.10 bits per heavy atom. The van der Waals surface area contributed by atoms with E-state index < -0.39 is 0 Å². The number of hydrogen-bond donors (Lipinski definition) is 0. The van der Waals surface area contributed by atoms with Gasteiger partial charge in [0.1, 0.15) is 5.75 Å². The molecule has 0 aliphatic carbocycles. The highest BCUT2D eigenvalue weighted by Crippen LogP contribution is 2.32. The van der Waals surface area contributed by atoms with Crippen molar-refractivity contribution in [2.75, 3.05) is 12.4 Å². The molecule has 0 amide bonds. The van der Waals surface area contributed by atoms with Gasteiger partial charge >= 0.3 is 0 Å². The molecule has 0 radical (unpaired) electrons. The Morgan fingerprint density at radius 2 is 1.52 bits per heavy atom. The Kier molecular flexibility index (Phi) is 9.58. The van der Waals surface area contributed by atoms with Crippen LogP contribution in [0.1, 0.15) is 63.6 Å². The van der Waals surface area contributed by atoms with Crippen molar-refractivity contribution in [2.24, 2.45) is 11.8 Å². The molecule has 0 N–H and O–H groups in total. The molecule has 1 unspecified atom stereocenters. The van der Waals surface area contributed by atoms with Crippen molar-refractivity contribution in [3.63, 3.8) is 0 Å². The number of ether oxygens (including phenoxy) is 2. The molecule has 2 nitrogen and oxygen atoms in total. The van der Waals surface area contributed by atoms with E-state index >= 15 is 0 Å². The van der Waals surface area contributed by atoms with Crippen molar-refractivity contribution in [3.05, 3.63) is 59.2 Å². The van der Waals surface area contributed by atoms with Crippen molar-refractivity contribution in [2.45, 2.75) is 72.0 Å². The third-order valence-electron chi connectivity index (χ3n) is 5.23.